The van der Waals surface area contributed by atoms with Crippen molar-refractivity contribution in [3.05, 3.63) is 88.9 Å². The average molecular weight is 482 g/mol. The first kappa shape index (κ1) is 22.4. The van der Waals surface area contributed by atoms with Gasteiger partial charge in [0.25, 0.3) is 0 Å². The fourth-order valence-electron chi connectivity index (χ4n) is 5.09. The first-order valence-electron chi connectivity index (χ1n) is 11.3. The Hall–Kier alpha value is -2.38. The van der Waals surface area contributed by atoms with Gasteiger partial charge in [-0.1, -0.05) is 48.0 Å². The highest BCUT2D eigenvalue weighted by Gasteiger charge is 2.42. The highest BCUT2D eigenvalue weighted by atomic mass is 35.5. The van der Waals surface area contributed by atoms with E-state index >= 15 is 0 Å². The fourth-order valence-corrected chi connectivity index (χ4v) is 6.84. The van der Waals surface area contributed by atoms with E-state index in [0.717, 1.165) is 30.6 Å². The summed E-state index contributed by atoms with van der Waals surface area (Å²) < 4.78 is 21.1. The van der Waals surface area contributed by atoms with Gasteiger partial charge in [0.1, 0.15) is 9.92 Å². The number of aryl methyl sites for hydroxylation is 2. The number of halogens is 1. The van der Waals surface area contributed by atoms with Gasteiger partial charge in [-0.3, -0.25) is 0 Å². The van der Waals surface area contributed by atoms with E-state index in [1.54, 1.807) is 31.3 Å². The van der Waals surface area contributed by atoms with Gasteiger partial charge >= 0.3 is 0 Å². The monoisotopic (exact) mass is 481 g/mol. The molecule has 172 valence electrons. The lowest BCUT2D eigenvalue weighted by Crippen LogP contribution is -2.47. The van der Waals surface area contributed by atoms with Gasteiger partial charge in [0.2, 0.25) is 0 Å². The maximum Gasteiger partial charge on any atom is 0.137 e. The normalized spacial score (nSPS) is 23.8. The second kappa shape index (κ2) is 9.11. The lowest BCUT2D eigenvalue weighted by molar-refractivity contribution is 0.143. The van der Waals surface area contributed by atoms with Crippen molar-refractivity contribution < 1.29 is 9.32 Å². The predicted molar refractivity (Wildman–Crippen MR) is 135 cm³/mol. The third kappa shape index (κ3) is 4.17. The molecule has 1 aliphatic heterocycles. The topological polar surface area (TPSA) is 64.9 Å². The molecule has 0 saturated heterocycles. The summed E-state index contributed by atoms with van der Waals surface area (Å²) in [5, 5.41) is 12.1. The van der Waals surface area contributed by atoms with Gasteiger partial charge in [-0.05, 0) is 73.2 Å². The molecule has 1 heterocycles. The van der Waals surface area contributed by atoms with Crippen LogP contribution in [-0.2, 0) is 22.8 Å². The van der Waals surface area contributed by atoms with E-state index in [4.69, 9.17) is 11.6 Å². The molecule has 3 aromatic rings. The Labute approximate surface area is 200 Å². The van der Waals surface area contributed by atoms with Crippen molar-refractivity contribution in [3.63, 3.8) is 0 Å². The van der Waals surface area contributed by atoms with Crippen LogP contribution in [0.15, 0.2) is 82.1 Å². The van der Waals surface area contributed by atoms with Crippen LogP contribution in [0.2, 0.25) is 5.02 Å². The molecule has 4 unspecified atom stereocenters. The molecule has 33 heavy (non-hydrogen) atoms. The zero-order valence-electron chi connectivity index (χ0n) is 18.5. The summed E-state index contributed by atoms with van der Waals surface area (Å²) in [6.07, 6.45) is 2.70. The molecule has 0 amide bonds. The molecule has 5 rings (SSSR count). The largest absolute Gasteiger partial charge is 0.389 e. The molecule has 1 aliphatic carbocycles. The number of rotatable bonds is 4. The number of nitrogens with zero attached hydrogens (tertiary/aromatic N) is 2. The Morgan fingerprint density at radius 3 is 2.09 bits per heavy atom. The van der Waals surface area contributed by atoms with Crippen LogP contribution in [0.25, 0.3) is 0 Å². The number of hydrogen-bond donors (Lipinski definition) is 2. The Morgan fingerprint density at radius 2 is 1.52 bits per heavy atom. The minimum atomic E-state index is -2.88. The quantitative estimate of drug-likeness (QED) is 0.543. The molecule has 4 atom stereocenters. The summed E-state index contributed by atoms with van der Waals surface area (Å²) in [5.41, 5.74) is 4.85. The van der Waals surface area contributed by atoms with Gasteiger partial charge in [-0.25, -0.2) is 13.3 Å². The van der Waals surface area contributed by atoms with Crippen LogP contribution in [0.5, 0.6) is 0 Å². The third-order valence-corrected chi connectivity index (χ3v) is 9.08. The molecular formula is C26H28ClN3O2S. The van der Waals surface area contributed by atoms with Crippen LogP contribution in [0.4, 0.5) is 11.4 Å². The molecule has 7 heteroatoms. The number of aliphatic hydroxyl groups excluding tert-OH is 1. The fraction of sp³-hybridized carbons (Fsp3) is 0.308. The molecule has 0 aromatic heterocycles. The Bertz CT molecular complexity index is 1220. The Morgan fingerprint density at radius 1 is 0.939 bits per heavy atom. The number of nitrogens with one attached hydrogen (secondary N) is 1. The summed E-state index contributed by atoms with van der Waals surface area (Å²) >= 11 is 6.01. The maximum atomic E-state index is 13.7. The summed E-state index contributed by atoms with van der Waals surface area (Å²) in [6, 6.07) is 23.3. The Balaban J connectivity index is 1.48. The van der Waals surface area contributed by atoms with E-state index < -0.39 is 16.0 Å². The summed E-state index contributed by atoms with van der Waals surface area (Å²) in [5.74, 6) is 0. The summed E-state index contributed by atoms with van der Waals surface area (Å²) in [7, 11) is -1.34. The SMILES string of the molecule is CN=S(=O)(NC1CCC(N2c3ccccc3CCc3ccccc32)C1O)c1ccc(Cl)cc1. The van der Waals surface area contributed by atoms with Crippen molar-refractivity contribution in [1.29, 1.82) is 0 Å². The van der Waals surface area contributed by atoms with E-state index in [9.17, 15) is 9.32 Å². The highest BCUT2D eigenvalue weighted by Crippen LogP contribution is 2.41. The van der Waals surface area contributed by atoms with Crippen molar-refractivity contribution in [2.24, 2.45) is 4.36 Å². The third-order valence-electron chi connectivity index (χ3n) is 6.78. The molecule has 0 radical (unpaired) electrons. The van der Waals surface area contributed by atoms with Gasteiger partial charge in [0, 0.05) is 29.5 Å². The summed E-state index contributed by atoms with van der Waals surface area (Å²) in [4.78, 5) is 2.87. The van der Waals surface area contributed by atoms with E-state index in [2.05, 4.69) is 62.5 Å². The molecule has 5 nitrogen and oxygen atoms in total. The number of aliphatic hydroxyl groups is 1. The van der Waals surface area contributed by atoms with Crippen LogP contribution in [0.1, 0.15) is 24.0 Å². The van der Waals surface area contributed by atoms with E-state index in [0.29, 0.717) is 16.3 Å². The van der Waals surface area contributed by atoms with Crippen molar-refractivity contribution in [3.8, 4) is 0 Å². The lowest BCUT2D eigenvalue weighted by Gasteiger charge is -2.35. The minimum absolute atomic E-state index is 0.131. The predicted octanol–water partition coefficient (Wildman–Crippen LogP) is 5.13. The molecular weight excluding hydrogens is 454 g/mol. The van der Waals surface area contributed by atoms with Crippen molar-refractivity contribution in [2.75, 3.05) is 11.9 Å². The highest BCUT2D eigenvalue weighted by molar-refractivity contribution is 7.91. The van der Waals surface area contributed by atoms with Gasteiger partial charge < -0.3 is 10.0 Å². The molecule has 0 spiro atoms. The van der Waals surface area contributed by atoms with Crippen molar-refractivity contribution in [1.82, 2.24) is 4.72 Å². The van der Waals surface area contributed by atoms with E-state index in [1.807, 2.05) is 0 Å². The minimum Gasteiger partial charge on any atom is -0.389 e. The lowest BCUT2D eigenvalue weighted by atomic mass is 10.0. The second-order valence-electron chi connectivity index (χ2n) is 8.65. The van der Waals surface area contributed by atoms with Crippen LogP contribution in [0, 0.1) is 0 Å². The zero-order valence-corrected chi connectivity index (χ0v) is 20.1. The van der Waals surface area contributed by atoms with Crippen LogP contribution < -0.4 is 9.62 Å². The number of benzene rings is 3. The van der Waals surface area contributed by atoms with E-state index in [1.165, 1.54) is 11.1 Å². The zero-order chi connectivity index (χ0) is 23.0. The van der Waals surface area contributed by atoms with E-state index in [-0.39, 0.29) is 12.1 Å². The first-order chi connectivity index (χ1) is 16.0. The molecule has 1 fully saturated rings. The van der Waals surface area contributed by atoms with Crippen molar-refractivity contribution in [2.45, 2.75) is 48.8 Å². The van der Waals surface area contributed by atoms with Gasteiger partial charge in [0.05, 0.1) is 17.0 Å². The second-order valence-corrected chi connectivity index (χ2v) is 11.2. The number of para-hydroxylation sites is 2. The van der Waals surface area contributed by atoms with Crippen molar-refractivity contribution >= 4 is 32.9 Å². The maximum absolute atomic E-state index is 13.7. The molecule has 0 bridgehead atoms. The van der Waals surface area contributed by atoms with Crippen LogP contribution in [-0.4, -0.2) is 34.6 Å². The van der Waals surface area contributed by atoms with Gasteiger partial charge in [-0.15, -0.1) is 0 Å². The average Bonchev–Trinajstić information content (AvgIpc) is 3.09. The number of fused-ring (bicyclic) bond motifs is 2. The molecule has 2 aliphatic rings. The first-order valence-corrected chi connectivity index (χ1v) is 13.2. The number of anilines is 2. The Kier molecular flexibility index (Phi) is 6.18. The number of hydrogen-bond acceptors (Lipinski definition) is 4. The molecule has 2 N–H and O–H groups in total. The molecule has 1 saturated carbocycles. The molecule has 3 aromatic carbocycles. The smallest absolute Gasteiger partial charge is 0.137 e. The van der Waals surface area contributed by atoms with Gasteiger partial charge in [-0.2, -0.15) is 0 Å². The van der Waals surface area contributed by atoms with Crippen LogP contribution >= 0.6 is 11.6 Å². The van der Waals surface area contributed by atoms with Crippen LogP contribution in [0.3, 0.4) is 0 Å². The van der Waals surface area contributed by atoms with Gasteiger partial charge in [0.15, 0.2) is 0 Å². The standard InChI is InChI=1S/C26H28ClN3O2S/c1-28-33(32,21-14-12-20(27)13-15-21)29-22-16-17-25(26(22)31)30-23-8-4-2-6-18(23)10-11-19-7-3-5-9-24(19)30/h2-9,12-15,22,25-26,31H,10-11,16-17H2,1H3,(H,28,29,32). The summed E-state index contributed by atoms with van der Waals surface area (Å²) in [6.45, 7) is 0.